The molecular weight excluding hydrogens is 401 g/mol. The van der Waals surface area contributed by atoms with Gasteiger partial charge in [0.05, 0.1) is 16.5 Å². The molecule has 2 rings (SSSR count). The SMILES string of the molecule is N#Cc1ccc(S(=O)(=O)CC(=O)c2ccc(I)cc2)cc1. The first-order valence-corrected chi connectivity index (χ1v) is 8.67. The Bertz CT molecular complexity index is 803. The van der Waals surface area contributed by atoms with Gasteiger partial charge in [-0.3, -0.25) is 4.79 Å². The zero-order chi connectivity index (χ0) is 15.5. The third kappa shape index (κ3) is 3.89. The van der Waals surface area contributed by atoms with Crippen molar-refractivity contribution in [2.24, 2.45) is 0 Å². The molecule has 0 saturated heterocycles. The lowest BCUT2D eigenvalue weighted by atomic mass is 10.2. The third-order valence-corrected chi connectivity index (χ3v) is 5.18. The Morgan fingerprint density at radius 3 is 2.14 bits per heavy atom. The molecule has 0 aliphatic heterocycles. The number of sulfone groups is 1. The molecule has 2 aromatic rings. The maximum Gasteiger partial charge on any atom is 0.185 e. The first-order chi connectivity index (χ1) is 9.92. The molecule has 0 aromatic heterocycles. The maximum absolute atomic E-state index is 12.2. The quantitative estimate of drug-likeness (QED) is 0.573. The molecule has 0 bridgehead atoms. The second kappa shape index (κ2) is 6.37. The Kier molecular flexibility index (Phi) is 4.75. The minimum absolute atomic E-state index is 0.0420. The van der Waals surface area contributed by atoms with Crippen LogP contribution in [-0.4, -0.2) is 20.0 Å². The summed E-state index contributed by atoms with van der Waals surface area (Å²) in [5, 5.41) is 8.69. The summed E-state index contributed by atoms with van der Waals surface area (Å²) in [5.74, 6) is -1.03. The van der Waals surface area contributed by atoms with Crippen molar-refractivity contribution in [1.82, 2.24) is 0 Å². The topological polar surface area (TPSA) is 75.0 Å². The minimum Gasteiger partial charge on any atom is -0.293 e. The molecule has 0 aliphatic rings. The highest BCUT2D eigenvalue weighted by Crippen LogP contribution is 2.15. The molecule has 106 valence electrons. The van der Waals surface area contributed by atoms with E-state index < -0.39 is 21.4 Å². The summed E-state index contributed by atoms with van der Waals surface area (Å²) < 4.78 is 25.3. The van der Waals surface area contributed by atoms with E-state index in [1.54, 1.807) is 24.3 Å². The van der Waals surface area contributed by atoms with Crippen LogP contribution in [0, 0.1) is 14.9 Å². The fourth-order valence-corrected chi connectivity index (χ4v) is 3.30. The predicted octanol–water partition coefficient (Wildman–Crippen LogP) is 2.82. The third-order valence-electron chi connectivity index (χ3n) is 2.83. The summed E-state index contributed by atoms with van der Waals surface area (Å²) in [4.78, 5) is 12.1. The van der Waals surface area contributed by atoms with E-state index in [9.17, 15) is 13.2 Å². The van der Waals surface area contributed by atoms with Crippen LogP contribution in [0.25, 0.3) is 0 Å². The summed E-state index contributed by atoms with van der Waals surface area (Å²) in [6.07, 6.45) is 0. The molecule has 0 N–H and O–H groups in total. The number of hydrogen-bond donors (Lipinski definition) is 0. The molecule has 2 aromatic carbocycles. The number of nitrogens with zero attached hydrogens (tertiary/aromatic N) is 1. The summed E-state index contributed by atoms with van der Waals surface area (Å²) in [6, 6.07) is 14.2. The van der Waals surface area contributed by atoms with Gasteiger partial charge >= 0.3 is 0 Å². The predicted molar refractivity (Wildman–Crippen MR) is 86.7 cm³/mol. The van der Waals surface area contributed by atoms with E-state index in [0.717, 1.165) is 3.57 Å². The van der Waals surface area contributed by atoms with Gasteiger partial charge in [0.25, 0.3) is 0 Å². The van der Waals surface area contributed by atoms with E-state index in [4.69, 9.17) is 5.26 Å². The van der Waals surface area contributed by atoms with Crippen molar-refractivity contribution in [1.29, 1.82) is 5.26 Å². The zero-order valence-electron chi connectivity index (χ0n) is 10.8. The van der Waals surface area contributed by atoms with Crippen molar-refractivity contribution in [3.8, 4) is 6.07 Å². The van der Waals surface area contributed by atoms with Crippen LogP contribution in [0.2, 0.25) is 0 Å². The highest BCUT2D eigenvalue weighted by atomic mass is 127. The van der Waals surface area contributed by atoms with Gasteiger partial charge in [0, 0.05) is 9.13 Å². The molecule has 0 aliphatic carbocycles. The summed E-state index contributed by atoms with van der Waals surface area (Å²) in [5.41, 5.74) is 0.741. The Morgan fingerprint density at radius 2 is 1.62 bits per heavy atom. The van der Waals surface area contributed by atoms with Crippen LogP contribution in [0.15, 0.2) is 53.4 Å². The number of ketones is 1. The highest BCUT2D eigenvalue weighted by Gasteiger charge is 2.20. The minimum atomic E-state index is -3.70. The molecule has 0 fully saturated rings. The van der Waals surface area contributed by atoms with Crippen LogP contribution in [0.5, 0.6) is 0 Å². The molecule has 0 unspecified atom stereocenters. The van der Waals surface area contributed by atoms with E-state index in [1.807, 2.05) is 6.07 Å². The standard InChI is InChI=1S/C15H10INO3S/c16-13-5-3-12(4-6-13)15(18)10-21(19,20)14-7-1-11(9-17)2-8-14/h1-8H,10H2. The lowest BCUT2D eigenvalue weighted by Crippen LogP contribution is -2.16. The number of nitriles is 1. The molecule has 0 amide bonds. The lowest BCUT2D eigenvalue weighted by molar-refractivity contribution is 0.102. The van der Waals surface area contributed by atoms with Gasteiger partial charge in [-0.15, -0.1) is 0 Å². The largest absolute Gasteiger partial charge is 0.293 e. The highest BCUT2D eigenvalue weighted by molar-refractivity contribution is 14.1. The summed E-state index contributed by atoms with van der Waals surface area (Å²) in [6.45, 7) is 0. The van der Waals surface area contributed by atoms with E-state index in [0.29, 0.717) is 11.1 Å². The van der Waals surface area contributed by atoms with Crippen molar-refractivity contribution < 1.29 is 13.2 Å². The molecule has 0 heterocycles. The number of benzene rings is 2. The van der Waals surface area contributed by atoms with Gasteiger partial charge in [0.1, 0.15) is 5.75 Å². The van der Waals surface area contributed by atoms with Gasteiger partial charge in [-0.25, -0.2) is 8.42 Å². The second-order valence-corrected chi connectivity index (χ2v) is 7.56. The van der Waals surface area contributed by atoms with Gasteiger partial charge in [-0.1, -0.05) is 12.1 Å². The van der Waals surface area contributed by atoms with Gasteiger partial charge in [-0.05, 0) is 59.0 Å². The number of halogens is 1. The fraction of sp³-hybridized carbons (Fsp3) is 0.0667. The molecule has 0 saturated carbocycles. The molecule has 4 nitrogen and oxygen atoms in total. The average molecular weight is 411 g/mol. The maximum atomic E-state index is 12.2. The fourth-order valence-electron chi connectivity index (χ4n) is 1.71. The number of carbonyl (C=O) groups is 1. The first kappa shape index (κ1) is 15.7. The van der Waals surface area contributed by atoms with Crippen molar-refractivity contribution in [2.75, 3.05) is 5.75 Å². The second-order valence-electron chi connectivity index (χ2n) is 4.33. The molecule has 0 radical (unpaired) electrons. The van der Waals surface area contributed by atoms with Gasteiger partial charge < -0.3 is 0 Å². The number of hydrogen-bond acceptors (Lipinski definition) is 4. The molecule has 0 atom stereocenters. The zero-order valence-corrected chi connectivity index (χ0v) is 13.8. The van der Waals surface area contributed by atoms with Crippen LogP contribution >= 0.6 is 22.6 Å². The van der Waals surface area contributed by atoms with Crippen LogP contribution in [0.4, 0.5) is 0 Å². The van der Waals surface area contributed by atoms with Gasteiger partial charge in [0.2, 0.25) is 0 Å². The van der Waals surface area contributed by atoms with E-state index in [-0.39, 0.29) is 4.90 Å². The number of rotatable bonds is 4. The molecular formula is C15H10INO3S. The summed E-state index contributed by atoms with van der Waals surface area (Å²) >= 11 is 2.11. The van der Waals surface area contributed by atoms with Crippen LogP contribution in [0.1, 0.15) is 15.9 Å². The Balaban J connectivity index is 2.22. The Hall–Kier alpha value is -1.72. The molecule has 6 heteroatoms. The van der Waals surface area contributed by atoms with Crippen molar-refractivity contribution in [3.63, 3.8) is 0 Å². The lowest BCUT2D eigenvalue weighted by Gasteiger charge is -2.04. The van der Waals surface area contributed by atoms with Crippen molar-refractivity contribution >= 4 is 38.2 Å². The monoisotopic (exact) mass is 411 g/mol. The van der Waals surface area contributed by atoms with E-state index >= 15 is 0 Å². The molecule has 21 heavy (non-hydrogen) atoms. The van der Waals surface area contributed by atoms with Crippen LogP contribution in [0.3, 0.4) is 0 Å². The first-order valence-electron chi connectivity index (χ1n) is 5.94. The Labute approximate surface area is 136 Å². The van der Waals surface area contributed by atoms with Gasteiger partial charge in [-0.2, -0.15) is 5.26 Å². The number of Topliss-reactive ketones (excluding diaryl/α,β-unsaturated/α-hetero) is 1. The van der Waals surface area contributed by atoms with E-state index in [2.05, 4.69) is 22.6 Å². The van der Waals surface area contributed by atoms with Crippen LogP contribution < -0.4 is 0 Å². The van der Waals surface area contributed by atoms with Crippen molar-refractivity contribution in [2.45, 2.75) is 4.90 Å². The van der Waals surface area contributed by atoms with Crippen LogP contribution in [-0.2, 0) is 9.84 Å². The Morgan fingerprint density at radius 1 is 1.05 bits per heavy atom. The van der Waals surface area contributed by atoms with E-state index in [1.165, 1.54) is 24.3 Å². The van der Waals surface area contributed by atoms with Gasteiger partial charge in [0.15, 0.2) is 15.6 Å². The summed E-state index contributed by atoms with van der Waals surface area (Å²) in [7, 11) is -3.70. The molecule has 0 spiro atoms. The normalized spacial score (nSPS) is 10.9. The number of carbonyl (C=O) groups excluding carboxylic acids is 1. The van der Waals surface area contributed by atoms with Crippen molar-refractivity contribution in [3.05, 3.63) is 63.2 Å². The average Bonchev–Trinajstić information content (AvgIpc) is 2.47. The smallest absolute Gasteiger partial charge is 0.185 e.